The van der Waals surface area contributed by atoms with Crippen molar-refractivity contribution in [2.75, 3.05) is 25.5 Å². The Morgan fingerprint density at radius 2 is 2.03 bits per heavy atom. The van der Waals surface area contributed by atoms with E-state index in [0.717, 1.165) is 25.0 Å². The third-order valence-corrected chi connectivity index (χ3v) is 6.80. The summed E-state index contributed by atoms with van der Waals surface area (Å²) >= 11 is 0. The maximum Gasteiger partial charge on any atom is 0.256 e. The van der Waals surface area contributed by atoms with Gasteiger partial charge in [0, 0.05) is 32.9 Å². The van der Waals surface area contributed by atoms with E-state index < -0.39 is 28.6 Å². The molecule has 0 spiro atoms. The number of carbonyl (C=O) groups excluding carboxylic acids is 1. The molecule has 6 nitrogen and oxygen atoms in total. The van der Waals surface area contributed by atoms with Gasteiger partial charge in [0.1, 0.15) is 28.7 Å². The number of hydrogen-bond donors (Lipinski definition) is 1. The van der Waals surface area contributed by atoms with E-state index in [4.69, 9.17) is 0 Å². The Kier molecular flexibility index (Phi) is 6.87. The van der Waals surface area contributed by atoms with Crippen LogP contribution in [0, 0.1) is 17.6 Å². The van der Waals surface area contributed by atoms with Gasteiger partial charge < -0.3 is 10.2 Å². The van der Waals surface area contributed by atoms with Crippen LogP contribution in [0.15, 0.2) is 41.3 Å². The van der Waals surface area contributed by atoms with Crippen molar-refractivity contribution in [2.24, 2.45) is 5.92 Å². The minimum Gasteiger partial charge on any atom is -0.363 e. The molecular weight excluding hydrogens is 457 g/mol. The topological polar surface area (TPSA) is 67.2 Å². The van der Waals surface area contributed by atoms with E-state index >= 15 is 4.39 Å². The number of halogens is 3. The summed E-state index contributed by atoms with van der Waals surface area (Å²) in [6.45, 7) is 2.12. The molecule has 0 radical (unpaired) electrons. The summed E-state index contributed by atoms with van der Waals surface area (Å²) in [6.07, 6.45) is 4.08. The third-order valence-electron chi connectivity index (χ3n) is 6.80. The van der Waals surface area contributed by atoms with Crippen molar-refractivity contribution >= 4 is 22.8 Å². The number of hydrogen-bond acceptors (Lipinski definition) is 4. The SMILES string of the molecule is CCC1CCC(F)(CCNC(=O)c2cn(-c3ccc(F)cc3F)c3nc(N(C)C)ccc3c2=O)C1. The van der Waals surface area contributed by atoms with E-state index in [-0.39, 0.29) is 35.2 Å². The minimum absolute atomic E-state index is 0.0619. The van der Waals surface area contributed by atoms with E-state index in [0.29, 0.717) is 24.6 Å². The van der Waals surface area contributed by atoms with Gasteiger partial charge in [0.25, 0.3) is 5.91 Å². The van der Waals surface area contributed by atoms with E-state index in [9.17, 15) is 18.4 Å². The normalized spacial score (nSPS) is 19.8. The molecule has 4 rings (SSSR count). The molecule has 1 saturated carbocycles. The van der Waals surface area contributed by atoms with Gasteiger partial charge in [-0.1, -0.05) is 13.3 Å². The fourth-order valence-electron chi connectivity index (χ4n) is 4.72. The summed E-state index contributed by atoms with van der Waals surface area (Å²) < 4.78 is 44.6. The number of anilines is 1. The van der Waals surface area contributed by atoms with Gasteiger partial charge in [-0.25, -0.2) is 18.2 Å². The van der Waals surface area contributed by atoms with E-state index in [1.54, 1.807) is 25.1 Å². The van der Waals surface area contributed by atoms with Gasteiger partial charge in [0.05, 0.1) is 11.1 Å². The number of pyridine rings is 2. The predicted octanol–water partition coefficient (Wildman–Crippen LogP) is 4.77. The maximum absolute atomic E-state index is 15.1. The molecule has 1 aliphatic rings. The first kappa shape index (κ1) is 24.8. The van der Waals surface area contributed by atoms with Crippen molar-refractivity contribution in [2.45, 2.75) is 44.7 Å². The minimum atomic E-state index is -1.32. The fraction of sp³-hybridized carbons (Fsp3) is 0.423. The van der Waals surface area contributed by atoms with Crippen LogP contribution in [0.4, 0.5) is 19.0 Å². The largest absolute Gasteiger partial charge is 0.363 e. The molecule has 0 bridgehead atoms. The maximum atomic E-state index is 15.1. The van der Waals surface area contributed by atoms with Crippen molar-refractivity contribution in [3.63, 3.8) is 0 Å². The molecule has 35 heavy (non-hydrogen) atoms. The average Bonchev–Trinajstić information content (AvgIpc) is 3.20. The number of nitrogens with one attached hydrogen (secondary N) is 1. The lowest BCUT2D eigenvalue weighted by Gasteiger charge is -2.20. The average molecular weight is 487 g/mol. The summed E-state index contributed by atoms with van der Waals surface area (Å²) in [6, 6.07) is 6.17. The number of aromatic nitrogens is 2. The number of amides is 1. The highest BCUT2D eigenvalue weighted by Gasteiger charge is 2.38. The highest BCUT2D eigenvalue weighted by Crippen LogP contribution is 2.41. The molecule has 2 atom stereocenters. The molecule has 1 aromatic carbocycles. The van der Waals surface area contributed by atoms with Gasteiger partial charge >= 0.3 is 0 Å². The fourth-order valence-corrected chi connectivity index (χ4v) is 4.72. The molecule has 1 amide bonds. The van der Waals surface area contributed by atoms with Crippen LogP contribution < -0.4 is 15.6 Å². The van der Waals surface area contributed by atoms with E-state index in [1.807, 2.05) is 6.92 Å². The Morgan fingerprint density at radius 1 is 1.26 bits per heavy atom. The summed E-state index contributed by atoms with van der Waals surface area (Å²) in [7, 11) is 3.53. The van der Waals surface area contributed by atoms with Gasteiger partial charge in [-0.2, -0.15) is 0 Å². The van der Waals surface area contributed by atoms with Crippen molar-refractivity contribution in [1.29, 1.82) is 0 Å². The summed E-state index contributed by atoms with van der Waals surface area (Å²) in [5.74, 6) is -1.44. The molecule has 1 aliphatic carbocycles. The van der Waals surface area contributed by atoms with Crippen LogP contribution in [-0.2, 0) is 0 Å². The third kappa shape index (κ3) is 5.04. The summed E-state index contributed by atoms with van der Waals surface area (Å²) in [5.41, 5.74) is -2.06. The summed E-state index contributed by atoms with van der Waals surface area (Å²) in [4.78, 5) is 32.3. The molecule has 0 aliphatic heterocycles. The van der Waals surface area contributed by atoms with Crippen LogP contribution in [0.2, 0.25) is 0 Å². The molecule has 0 saturated heterocycles. The van der Waals surface area contributed by atoms with Gasteiger partial charge in [-0.3, -0.25) is 14.2 Å². The van der Waals surface area contributed by atoms with Crippen LogP contribution >= 0.6 is 0 Å². The van der Waals surface area contributed by atoms with E-state index in [1.165, 1.54) is 22.9 Å². The zero-order valence-corrected chi connectivity index (χ0v) is 20.1. The van der Waals surface area contributed by atoms with Crippen molar-refractivity contribution in [1.82, 2.24) is 14.9 Å². The Morgan fingerprint density at radius 3 is 2.69 bits per heavy atom. The second-order valence-corrected chi connectivity index (χ2v) is 9.45. The quantitative estimate of drug-likeness (QED) is 0.523. The first-order valence-corrected chi connectivity index (χ1v) is 11.8. The number of rotatable bonds is 7. The Balaban J connectivity index is 1.70. The first-order chi connectivity index (χ1) is 16.6. The van der Waals surface area contributed by atoms with Crippen LogP contribution in [-0.4, -0.2) is 41.8 Å². The molecule has 1 N–H and O–H groups in total. The number of alkyl halides is 1. The van der Waals surface area contributed by atoms with Gasteiger partial charge in [0.15, 0.2) is 5.65 Å². The second-order valence-electron chi connectivity index (χ2n) is 9.45. The highest BCUT2D eigenvalue weighted by molar-refractivity contribution is 5.97. The van der Waals surface area contributed by atoms with E-state index in [2.05, 4.69) is 10.3 Å². The monoisotopic (exact) mass is 486 g/mol. The van der Waals surface area contributed by atoms with Crippen LogP contribution in [0.3, 0.4) is 0 Å². The molecule has 2 aromatic heterocycles. The highest BCUT2D eigenvalue weighted by atomic mass is 19.1. The molecular formula is C26H29F3N4O2. The van der Waals surface area contributed by atoms with Crippen LogP contribution in [0.1, 0.15) is 49.4 Å². The zero-order chi connectivity index (χ0) is 25.3. The molecule has 2 heterocycles. The smallest absolute Gasteiger partial charge is 0.256 e. The molecule has 9 heteroatoms. The number of benzene rings is 1. The Bertz CT molecular complexity index is 1320. The Labute approximate surface area is 201 Å². The molecule has 2 unspecified atom stereocenters. The van der Waals surface area contributed by atoms with Gasteiger partial charge in [-0.15, -0.1) is 0 Å². The second kappa shape index (κ2) is 9.71. The van der Waals surface area contributed by atoms with Crippen molar-refractivity contribution in [3.8, 4) is 5.69 Å². The number of carbonyl (C=O) groups is 1. The molecule has 3 aromatic rings. The Hall–Kier alpha value is -3.36. The summed E-state index contributed by atoms with van der Waals surface area (Å²) in [5, 5.41) is 2.75. The lowest BCUT2D eigenvalue weighted by Crippen LogP contribution is -2.34. The molecule has 186 valence electrons. The zero-order valence-electron chi connectivity index (χ0n) is 20.1. The van der Waals surface area contributed by atoms with Crippen molar-refractivity contribution in [3.05, 3.63) is 63.9 Å². The predicted molar refractivity (Wildman–Crippen MR) is 130 cm³/mol. The molecule has 1 fully saturated rings. The van der Waals surface area contributed by atoms with Crippen LogP contribution in [0.5, 0.6) is 0 Å². The number of fused-ring (bicyclic) bond motifs is 1. The van der Waals surface area contributed by atoms with Gasteiger partial charge in [0.2, 0.25) is 5.43 Å². The lowest BCUT2D eigenvalue weighted by atomic mass is 9.97. The number of nitrogens with zero attached hydrogens (tertiary/aromatic N) is 3. The lowest BCUT2D eigenvalue weighted by molar-refractivity contribution is 0.0934. The van der Waals surface area contributed by atoms with Crippen LogP contribution in [0.25, 0.3) is 16.7 Å². The van der Waals surface area contributed by atoms with Gasteiger partial charge in [-0.05, 0) is 55.9 Å². The standard InChI is InChI=1S/C26H29F3N4O2/c1-4-16-9-10-26(29,14-16)11-12-30-25(35)19-15-33(21-7-5-17(27)13-20(21)28)24-18(23(19)34)6-8-22(31-24)32(2)3/h5-8,13,15-16H,4,9-12,14H2,1-3H3,(H,30,35). The van der Waals surface area contributed by atoms with Crippen molar-refractivity contribution < 1.29 is 18.0 Å². The first-order valence-electron chi connectivity index (χ1n) is 11.8.